The molecule has 14 heteroatoms. The molecule has 0 bridgehead atoms. The lowest BCUT2D eigenvalue weighted by atomic mass is 9.79. The van der Waals surface area contributed by atoms with Crippen LogP contribution in [0.5, 0.6) is 0 Å². The Balaban J connectivity index is 1.25. The molecule has 3 saturated heterocycles. The van der Waals surface area contributed by atoms with Crippen molar-refractivity contribution in [2.75, 3.05) is 26.4 Å². The molecule has 2 aromatic rings. The van der Waals surface area contributed by atoms with Crippen LogP contribution in [0.25, 0.3) is 16.5 Å². The number of ether oxygens (including phenoxy) is 1. The second-order valence-corrected chi connectivity index (χ2v) is 16.0. The van der Waals surface area contributed by atoms with Gasteiger partial charge in [0.2, 0.25) is 17.5 Å². The number of amides is 3. The van der Waals surface area contributed by atoms with E-state index in [-0.39, 0.29) is 24.3 Å². The molecule has 7 rings (SSSR count). The van der Waals surface area contributed by atoms with Gasteiger partial charge in [-0.15, -0.1) is 0 Å². The first-order valence-electron chi connectivity index (χ1n) is 15.4. The van der Waals surface area contributed by atoms with E-state index in [9.17, 15) is 22.8 Å². The van der Waals surface area contributed by atoms with Gasteiger partial charge >= 0.3 is 0 Å². The van der Waals surface area contributed by atoms with E-state index in [4.69, 9.17) is 8.92 Å². The van der Waals surface area contributed by atoms with Crippen molar-refractivity contribution in [1.82, 2.24) is 25.0 Å². The molecule has 2 N–H and O–H groups in total. The predicted molar refractivity (Wildman–Crippen MR) is 169 cm³/mol. The second kappa shape index (κ2) is 10.4. The molecule has 3 amide bonds. The lowest BCUT2D eigenvalue weighted by molar-refractivity contribution is -0.298. The minimum Gasteiger partial charge on any atom is -0.349 e. The summed E-state index contributed by atoms with van der Waals surface area (Å²) in [6, 6.07) is 4.30. The van der Waals surface area contributed by atoms with Gasteiger partial charge in [-0.3, -0.25) is 28.9 Å². The highest BCUT2D eigenvalue weighted by Gasteiger charge is 2.72. The lowest BCUT2D eigenvalue weighted by Crippen LogP contribution is -2.72. The van der Waals surface area contributed by atoms with E-state index in [1.54, 1.807) is 4.90 Å². The number of hydrogen-bond acceptors (Lipinski definition) is 8. The summed E-state index contributed by atoms with van der Waals surface area (Å²) in [7, 11) is -2.19. The molecule has 242 valence electrons. The molecule has 3 fully saturated rings. The van der Waals surface area contributed by atoms with Crippen LogP contribution in [-0.2, 0) is 39.8 Å². The Morgan fingerprint density at radius 2 is 2.04 bits per heavy atom. The molecule has 1 aromatic carbocycles. The zero-order valence-electron chi connectivity index (χ0n) is 25.9. The molecule has 5 aliphatic rings. The van der Waals surface area contributed by atoms with Crippen LogP contribution >= 0.6 is 15.9 Å². The van der Waals surface area contributed by atoms with Gasteiger partial charge in [0.1, 0.15) is 12.1 Å². The van der Waals surface area contributed by atoms with Gasteiger partial charge in [0, 0.05) is 30.0 Å². The monoisotopic (exact) mass is 703 g/mol. The van der Waals surface area contributed by atoms with Crippen molar-refractivity contribution in [3.63, 3.8) is 0 Å². The van der Waals surface area contributed by atoms with E-state index in [0.717, 1.165) is 44.2 Å². The standard InChI is InChI=1S/C31H38BrN5O7S/c1-16(2)12-23-28(39)36-11-7-10-24(36)31(44-45(5,41)42)37(23)29(40)30(3,43-31)34-27(38)17-13-19-18-8-6-9-21-25(18)20(26(32)33-21)14-22(19)35(4)15-17/h6,8-9,13,16-17,22-24,33H,7,10-12,14-15H2,1-5H3,(H,34,38)/t17-,22-,23+,24+,30-,31-/m1/s1. The van der Waals surface area contributed by atoms with Crippen LogP contribution in [0, 0.1) is 11.8 Å². The van der Waals surface area contributed by atoms with Gasteiger partial charge < -0.3 is 15.2 Å². The number of H-pyrrole nitrogens is 1. The first-order valence-corrected chi connectivity index (χ1v) is 18.0. The summed E-state index contributed by atoms with van der Waals surface area (Å²) in [5, 5.41) is 3.96. The molecule has 4 aliphatic heterocycles. The predicted octanol–water partition coefficient (Wildman–Crippen LogP) is 2.54. The number of fused-ring (bicyclic) bond motifs is 5. The number of nitrogens with zero attached hydrogens (tertiary/aromatic N) is 3. The summed E-state index contributed by atoms with van der Waals surface area (Å²) in [6.45, 7) is 6.06. The Hall–Kier alpha value is -2.78. The zero-order valence-corrected chi connectivity index (χ0v) is 28.3. The van der Waals surface area contributed by atoms with Gasteiger partial charge in [0.05, 0.1) is 16.8 Å². The summed E-state index contributed by atoms with van der Waals surface area (Å²) >= 11 is 3.68. The van der Waals surface area contributed by atoms with Crippen molar-refractivity contribution in [3.05, 3.63) is 40.0 Å². The Bertz CT molecular complexity index is 1770. The molecule has 0 radical (unpaired) electrons. The molecule has 12 nitrogen and oxygen atoms in total. The van der Waals surface area contributed by atoms with Crippen LogP contribution in [0.1, 0.15) is 51.2 Å². The molecular formula is C31H38BrN5O7S. The van der Waals surface area contributed by atoms with Crippen molar-refractivity contribution in [2.24, 2.45) is 11.8 Å². The van der Waals surface area contributed by atoms with Crippen molar-refractivity contribution in [2.45, 2.75) is 76.2 Å². The number of halogens is 1. The molecule has 1 aromatic heterocycles. The SMILES string of the molecule is CC(C)C[C@H]1C(=O)N2CCC[C@H]2[C@]2(OS(C)(=O)=O)O[C@@](C)(NC(=O)[C@@H]3C=C4c5cccc6[nH]c(Br)c(c56)C[C@H]4N(C)C3)C(=O)N12. The number of aromatic amines is 1. The second-order valence-electron chi connectivity index (χ2n) is 13.6. The number of aromatic nitrogens is 1. The number of likely N-dealkylation sites (N-methyl/N-ethyl adjacent to an activating group) is 1. The fourth-order valence-electron chi connectivity index (χ4n) is 8.10. The maximum atomic E-state index is 14.4. The summed E-state index contributed by atoms with van der Waals surface area (Å²) in [6.07, 6.45) is 4.91. The average Bonchev–Trinajstić information content (AvgIpc) is 3.62. The summed E-state index contributed by atoms with van der Waals surface area (Å²) < 4.78 is 38.5. The zero-order chi connectivity index (χ0) is 32.2. The van der Waals surface area contributed by atoms with Crippen LogP contribution < -0.4 is 5.32 Å². The highest BCUT2D eigenvalue weighted by Crippen LogP contribution is 2.49. The van der Waals surface area contributed by atoms with Gasteiger partial charge in [-0.2, -0.15) is 8.42 Å². The topological polar surface area (TPSA) is 141 Å². The Morgan fingerprint density at radius 3 is 2.76 bits per heavy atom. The van der Waals surface area contributed by atoms with Gasteiger partial charge in [0.25, 0.3) is 21.9 Å². The average molecular weight is 705 g/mol. The molecule has 0 saturated carbocycles. The lowest BCUT2D eigenvalue weighted by Gasteiger charge is -2.50. The number of carbonyl (C=O) groups is 3. The highest BCUT2D eigenvalue weighted by atomic mass is 79.9. The molecule has 0 spiro atoms. The van der Waals surface area contributed by atoms with Crippen molar-refractivity contribution in [1.29, 1.82) is 0 Å². The Morgan fingerprint density at radius 1 is 1.29 bits per heavy atom. The van der Waals surface area contributed by atoms with Crippen LogP contribution in [0.2, 0.25) is 0 Å². The van der Waals surface area contributed by atoms with E-state index < -0.39 is 51.6 Å². The molecular weight excluding hydrogens is 666 g/mol. The summed E-state index contributed by atoms with van der Waals surface area (Å²) in [5.41, 5.74) is 2.33. The molecule has 6 atom stereocenters. The van der Waals surface area contributed by atoms with Crippen LogP contribution in [0.3, 0.4) is 0 Å². The highest BCUT2D eigenvalue weighted by molar-refractivity contribution is 9.10. The largest absolute Gasteiger partial charge is 0.349 e. The van der Waals surface area contributed by atoms with Crippen molar-refractivity contribution >= 4 is 60.2 Å². The van der Waals surface area contributed by atoms with Gasteiger partial charge in [0.15, 0.2) is 0 Å². The molecule has 1 aliphatic carbocycles. The van der Waals surface area contributed by atoms with Crippen LogP contribution in [0.15, 0.2) is 28.9 Å². The fraction of sp³-hybridized carbons (Fsp3) is 0.581. The van der Waals surface area contributed by atoms with E-state index in [2.05, 4.69) is 37.2 Å². The third kappa shape index (κ3) is 4.69. The van der Waals surface area contributed by atoms with E-state index >= 15 is 0 Å². The number of hydrogen-bond donors (Lipinski definition) is 2. The minimum atomic E-state index is -4.17. The normalized spacial score (nSPS) is 33.0. The van der Waals surface area contributed by atoms with Gasteiger partial charge in [-0.1, -0.05) is 32.1 Å². The maximum absolute atomic E-state index is 14.4. The van der Waals surface area contributed by atoms with E-state index in [1.807, 2.05) is 39.1 Å². The smallest absolute Gasteiger partial charge is 0.294 e. The van der Waals surface area contributed by atoms with E-state index in [0.29, 0.717) is 25.9 Å². The fourth-order valence-corrected chi connectivity index (χ4v) is 9.34. The third-order valence-corrected chi connectivity index (χ3v) is 11.1. The molecule has 0 unspecified atom stereocenters. The minimum absolute atomic E-state index is 0.00161. The molecule has 5 heterocycles. The summed E-state index contributed by atoms with van der Waals surface area (Å²) in [4.78, 5) is 50.5. The number of benzene rings is 1. The van der Waals surface area contributed by atoms with Crippen molar-refractivity contribution in [3.8, 4) is 0 Å². The van der Waals surface area contributed by atoms with E-state index in [1.165, 1.54) is 12.5 Å². The van der Waals surface area contributed by atoms with Crippen LogP contribution in [0.4, 0.5) is 0 Å². The third-order valence-electron chi connectivity index (χ3n) is 9.87. The number of carbonyl (C=O) groups excluding carboxylic acids is 3. The van der Waals surface area contributed by atoms with Gasteiger partial charge in [-0.25, -0.2) is 4.18 Å². The van der Waals surface area contributed by atoms with Crippen molar-refractivity contribution < 1.29 is 31.7 Å². The Labute approximate surface area is 270 Å². The summed E-state index contributed by atoms with van der Waals surface area (Å²) in [5.74, 6) is -4.14. The molecule has 45 heavy (non-hydrogen) atoms. The van der Waals surface area contributed by atoms with Crippen LogP contribution in [-0.4, -0.2) is 102 Å². The Kier molecular flexibility index (Phi) is 7.10. The first-order chi connectivity index (χ1) is 21.1. The number of rotatable bonds is 6. The van der Waals surface area contributed by atoms with Gasteiger partial charge in [-0.05, 0) is 84.3 Å². The first kappa shape index (κ1) is 30.9. The number of nitrogens with one attached hydrogen (secondary N) is 2. The number of piperazine rings is 1. The maximum Gasteiger partial charge on any atom is 0.294 e. The quantitative estimate of drug-likeness (QED) is 0.438.